The SMILES string of the molecule is COc1ccc(S(=O)(=O)NC2=NCN([C@@H]3CCCC[C@H]3C)CN2)cc1. The smallest absolute Gasteiger partial charge is 0.264 e. The van der Waals surface area contributed by atoms with E-state index in [1.54, 1.807) is 19.2 Å². The van der Waals surface area contributed by atoms with E-state index >= 15 is 0 Å². The Hall–Kier alpha value is -1.80. The molecule has 138 valence electrons. The number of ether oxygens (including phenoxy) is 1. The maximum atomic E-state index is 12.4. The summed E-state index contributed by atoms with van der Waals surface area (Å²) in [6.07, 6.45) is 4.99. The van der Waals surface area contributed by atoms with Crippen LogP contribution in [0, 0.1) is 5.92 Å². The van der Waals surface area contributed by atoms with E-state index in [4.69, 9.17) is 4.74 Å². The van der Waals surface area contributed by atoms with E-state index in [1.807, 2.05) is 0 Å². The number of methoxy groups -OCH3 is 1. The van der Waals surface area contributed by atoms with Gasteiger partial charge in [0.25, 0.3) is 10.0 Å². The van der Waals surface area contributed by atoms with Gasteiger partial charge in [-0.3, -0.25) is 4.90 Å². The predicted molar refractivity (Wildman–Crippen MR) is 96.9 cm³/mol. The Labute approximate surface area is 149 Å². The fourth-order valence-corrected chi connectivity index (χ4v) is 4.52. The van der Waals surface area contributed by atoms with E-state index < -0.39 is 10.0 Å². The highest BCUT2D eigenvalue weighted by Crippen LogP contribution is 2.28. The molecule has 0 bridgehead atoms. The van der Waals surface area contributed by atoms with Crippen molar-refractivity contribution in [2.75, 3.05) is 20.4 Å². The van der Waals surface area contributed by atoms with Crippen LogP contribution in [0.25, 0.3) is 0 Å². The number of hydrogen-bond donors (Lipinski definition) is 2. The normalized spacial score (nSPS) is 25.0. The molecular weight excluding hydrogens is 340 g/mol. The Morgan fingerprint density at radius 3 is 2.56 bits per heavy atom. The van der Waals surface area contributed by atoms with Crippen molar-refractivity contribution in [1.82, 2.24) is 14.9 Å². The minimum absolute atomic E-state index is 0.182. The lowest BCUT2D eigenvalue weighted by molar-refractivity contribution is 0.106. The van der Waals surface area contributed by atoms with Crippen molar-refractivity contribution in [2.24, 2.45) is 10.9 Å². The molecule has 1 aromatic carbocycles. The molecule has 8 heteroatoms. The van der Waals surface area contributed by atoms with Gasteiger partial charge in [-0.25, -0.2) is 18.1 Å². The molecule has 0 aromatic heterocycles. The second-order valence-corrected chi connectivity index (χ2v) is 8.36. The van der Waals surface area contributed by atoms with Crippen LogP contribution in [0.5, 0.6) is 5.75 Å². The quantitative estimate of drug-likeness (QED) is 0.848. The first-order valence-corrected chi connectivity index (χ1v) is 10.2. The minimum atomic E-state index is -3.66. The summed E-state index contributed by atoms with van der Waals surface area (Å²) in [5.41, 5.74) is 0. The average Bonchev–Trinajstić information content (AvgIpc) is 2.63. The second-order valence-electron chi connectivity index (χ2n) is 6.68. The first-order valence-electron chi connectivity index (χ1n) is 8.69. The molecule has 1 fully saturated rings. The summed E-state index contributed by atoms with van der Waals surface area (Å²) in [4.78, 5) is 6.85. The molecule has 2 atom stereocenters. The zero-order chi connectivity index (χ0) is 17.9. The molecule has 3 rings (SSSR count). The summed E-state index contributed by atoms with van der Waals surface area (Å²) in [7, 11) is -2.11. The Morgan fingerprint density at radius 1 is 1.24 bits per heavy atom. The summed E-state index contributed by atoms with van der Waals surface area (Å²) in [5.74, 6) is 1.57. The van der Waals surface area contributed by atoms with Gasteiger partial charge in [-0.05, 0) is 43.0 Å². The number of nitrogens with one attached hydrogen (secondary N) is 2. The van der Waals surface area contributed by atoms with Gasteiger partial charge >= 0.3 is 0 Å². The highest BCUT2D eigenvalue weighted by Gasteiger charge is 2.29. The van der Waals surface area contributed by atoms with E-state index in [-0.39, 0.29) is 4.90 Å². The van der Waals surface area contributed by atoms with E-state index in [1.165, 1.54) is 37.8 Å². The van der Waals surface area contributed by atoms with Crippen LogP contribution in [-0.4, -0.2) is 45.8 Å². The molecule has 1 aliphatic heterocycles. The molecule has 1 saturated carbocycles. The molecular formula is C17H26N4O3S. The van der Waals surface area contributed by atoms with Gasteiger partial charge in [-0.15, -0.1) is 0 Å². The van der Waals surface area contributed by atoms with Crippen LogP contribution in [0.2, 0.25) is 0 Å². The minimum Gasteiger partial charge on any atom is -0.497 e. The van der Waals surface area contributed by atoms with Crippen molar-refractivity contribution in [3.8, 4) is 5.75 Å². The molecule has 25 heavy (non-hydrogen) atoms. The lowest BCUT2D eigenvalue weighted by Crippen LogP contribution is -2.54. The summed E-state index contributed by atoms with van der Waals surface area (Å²) in [6, 6.07) is 6.79. The number of rotatable bonds is 4. The van der Waals surface area contributed by atoms with E-state index in [9.17, 15) is 8.42 Å². The summed E-state index contributed by atoms with van der Waals surface area (Å²) < 4.78 is 32.5. The van der Waals surface area contributed by atoms with E-state index in [0.29, 0.717) is 37.0 Å². The van der Waals surface area contributed by atoms with Crippen molar-refractivity contribution >= 4 is 16.0 Å². The maximum Gasteiger partial charge on any atom is 0.264 e. The fraction of sp³-hybridized carbons (Fsp3) is 0.588. The van der Waals surface area contributed by atoms with Gasteiger partial charge in [-0.1, -0.05) is 19.8 Å². The standard InChI is InChI=1S/C17H26N4O3S/c1-13-5-3-4-6-16(13)21-11-18-17(19-12-21)20-25(22,23)15-9-7-14(24-2)8-10-15/h7-10,13,16H,3-6,11-12H2,1-2H3,(H2,18,19,20)/t13-,16-/m1/s1. The number of benzene rings is 1. The largest absolute Gasteiger partial charge is 0.497 e. The molecule has 2 aliphatic rings. The third-order valence-corrected chi connectivity index (χ3v) is 6.35. The van der Waals surface area contributed by atoms with Crippen LogP contribution in [-0.2, 0) is 10.0 Å². The summed E-state index contributed by atoms with van der Waals surface area (Å²) >= 11 is 0. The molecule has 1 heterocycles. The highest BCUT2D eigenvalue weighted by molar-refractivity contribution is 7.90. The molecule has 0 spiro atoms. The molecule has 1 aromatic rings. The average molecular weight is 366 g/mol. The van der Waals surface area contributed by atoms with Gasteiger partial charge in [0.2, 0.25) is 5.96 Å². The van der Waals surface area contributed by atoms with Gasteiger partial charge in [0.1, 0.15) is 5.75 Å². The molecule has 7 nitrogen and oxygen atoms in total. The van der Waals surface area contributed by atoms with Gasteiger partial charge in [0, 0.05) is 6.04 Å². The highest BCUT2D eigenvalue weighted by atomic mass is 32.2. The fourth-order valence-electron chi connectivity index (χ4n) is 3.51. The van der Waals surface area contributed by atoms with E-state index in [0.717, 1.165) is 0 Å². The zero-order valence-corrected chi connectivity index (χ0v) is 15.6. The summed E-state index contributed by atoms with van der Waals surface area (Å²) in [5, 5.41) is 3.10. The number of hydrogen-bond acceptors (Lipinski definition) is 6. The van der Waals surface area contributed by atoms with Gasteiger partial charge < -0.3 is 10.1 Å². The molecule has 0 radical (unpaired) electrons. The zero-order valence-electron chi connectivity index (χ0n) is 14.7. The Morgan fingerprint density at radius 2 is 1.96 bits per heavy atom. The van der Waals surface area contributed by atoms with Crippen molar-refractivity contribution in [3.63, 3.8) is 0 Å². The number of guanidine groups is 1. The molecule has 1 aliphatic carbocycles. The summed E-state index contributed by atoms with van der Waals surface area (Å²) in [6.45, 7) is 3.41. The van der Waals surface area contributed by atoms with Crippen LogP contribution < -0.4 is 14.8 Å². The first-order chi connectivity index (χ1) is 12.0. The van der Waals surface area contributed by atoms with Crippen LogP contribution in [0.15, 0.2) is 34.2 Å². The molecule has 0 saturated heterocycles. The van der Waals surface area contributed by atoms with Gasteiger partial charge in [0.05, 0.1) is 25.3 Å². The monoisotopic (exact) mass is 366 g/mol. The van der Waals surface area contributed by atoms with Crippen molar-refractivity contribution in [3.05, 3.63) is 24.3 Å². The Bertz CT molecular complexity index is 718. The number of nitrogens with zero attached hydrogens (tertiary/aromatic N) is 2. The Balaban J connectivity index is 1.63. The lowest BCUT2D eigenvalue weighted by Gasteiger charge is -2.39. The van der Waals surface area contributed by atoms with Crippen LogP contribution >= 0.6 is 0 Å². The number of sulfonamides is 1. The first kappa shape index (κ1) is 18.0. The molecule has 0 unspecified atom stereocenters. The third-order valence-electron chi connectivity index (χ3n) is 5.00. The van der Waals surface area contributed by atoms with Gasteiger partial charge in [0.15, 0.2) is 0 Å². The van der Waals surface area contributed by atoms with Crippen molar-refractivity contribution in [1.29, 1.82) is 0 Å². The van der Waals surface area contributed by atoms with E-state index in [2.05, 4.69) is 26.9 Å². The topological polar surface area (TPSA) is 83.0 Å². The number of aliphatic imine (C=N–C) groups is 1. The van der Waals surface area contributed by atoms with Crippen LogP contribution in [0.3, 0.4) is 0 Å². The van der Waals surface area contributed by atoms with Crippen LogP contribution in [0.4, 0.5) is 0 Å². The van der Waals surface area contributed by atoms with Crippen LogP contribution in [0.1, 0.15) is 32.6 Å². The molecule has 2 N–H and O–H groups in total. The van der Waals surface area contributed by atoms with Crippen molar-refractivity contribution in [2.45, 2.75) is 43.5 Å². The Kier molecular flexibility index (Phi) is 5.48. The molecule has 0 amide bonds. The van der Waals surface area contributed by atoms with Crippen molar-refractivity contribution < 1.29 is 13.2 Å². The lowest BCUT2D eigenvalue weighted by atomic mass is 9.85. The third kappa shape index (κ3) is 4.24. The van der Waals surface area contributed by atoms with Gasteiger partial charge in [-0.2, -0.15) is 0 Å². The maximum absolute atomic E-state index is 12.4. The predicted octanol–water partition coefficient (Wildman–Crippen LogP) is 1.73. The second kappa shape index (κ2) is 7.61.